The van der Waals surface area contributed by atoms with Crippen LogP contribution in [0.4, 0.5) is 0 Å². The van der Waals surface area contributed by atoms with Crippen molar-refractivity contribution in [1.29, 1.82) is 0 Å². The van der Waals surface area contributed by atoms with Gasteiger partial charge in [0.2, 0.25) is 0 Å². The van der Waals surface area contributed by atoms with Crippen LogP contribution in [0.3, 0.4) is 0 Å². The Balaban J connectivity index is 1.72. The fraction of sp³-hybridized carbons (Fsp3) is 0.762. The van der Waals surface area contributed by atoms with Gasteiger partial charge >= 0.3 is 0 Å². The molecule has 0 spiro atoms. The molecule has 3 saturated carbocycles. The van der Waals surface area contributed by atoms with Crippen molar-refractivity contribution >= 4 is 5.78 Å². The Morgan fingerprint density at radius 2 is 2.00 bits per heavy atom. The predicted molar refractivity (Wildman–Crippen MR) is 93.3 cm³/mol. The van der Waals surface area contributed by atoms with Crippen LogP contribution in [-0.2, 0) is 4.79 Å². The van der Waals surface area contributed by atoms with Crippen molar-refractivity contribution in [2.24, 2.45) is 28.6 Å². The molecule has 0 aromatic heterocycles. The van der Waals surface area contributed by atoms with Gasteiger partial charge in [0.15, 0.2) is 5.78 Å². The Bertz CT molecular complexity index is 619. The van der Waals surface area contributed by atoms with Crippen LogP contribution >= 0.6 is 0 Å². The van der Waals surface area contributed by atoms with Crippen LogP contribution in [-0.4, -0.2) is 28.7 Å². The van der Waals surface area contributed by atoms with E-state index in [1.54, 1.807) is 0 Å². The molecule has 3 heteroatoms. The summed E-state index contributed by atoms with van der Waals surface area (Å²) in [4.78, 5) is 11.9. The molecule has 0 aromatic rings. The van der Waals surface area contributed by atoms with Crippen LogP contribution in [0, 0.1) is 28.6 Å². The van der Waals surface area contributed by atoms with Gasteiger partial charge in [-0.3, -0.25) is 4.79 Å². The molecular formula is C21H30O3. The largest absolute Gasteiger partial charge is 0.393 e. The van der Waals surface area contributed by atoms with Crippen LogP contribution in [0.2, 0.25) is 0 Å². The molecule has 132 valence electrons. The van der Waals surface area contributed by atoms with E-state index in [9.17, 15) is 15.0 Å². The summed E-state index contributed by atoms with van der Waals surface area (Å²) in [5.74, 6) is 1.71. The van der Waals surface area contributed by atoms with Crippen LogP contribution in [0.25, 0.3) is 0 Å². The van der Waals surface area contributed by atoms with E-state index in [0.29, 0.717) is 18.3 Å². The third-order valence-corrected chi connectivity index (χ3v) is 8.08. The quantitative estimate of drug-likeness (QED) is 0.725. The molecule has 4 aliphatic carbocycles. The average Bonchev–Trinajstić information content (AvgIpc) is 2.84. The van der Waals surface area contributed by atoms with Gasteiger partial charge < -0.3 is 10.2 Å². The maximum atomic E-state index is 11.9. The summed E-state index contributed by atoms with van der Waals surface area (Å²) in [6, 6.07) is 0. The zero-order chi connectivity index (χ0) is 17.1. The molecule has 0 saturated heterocycles. The van der Waals surface area contributed by atoms with Gasteiger partial charge in [-0.2, -0.15) is 0 Å². The topological polar surface area (TPSA) is 57.5 Å². The Kier molecular flexibility index (Phi) is 3.81. The highest BCUT2D eigenvalue weighted by Crippen LogP contribution is 2.66. The summed E-state index contributed by atoms with van der Waals surface area (Å²) in [5.41, 5.74) is 2.71. The Morgan fingerprint density at radius 3 is 2.75 bits per heavy atom. The maximum Gasteiger partial charge on any atom is 0.155 e. The summed E-state index contributed by atoms with van der Waals surface area (Å²) in [6.07, 6.45) is 10.3. The molecule has 24 heavy (non-hydrogen) atoms. The Hall–Kier alpha value is -0.930. The summed E-state index contributed by atoms with van der Waals surface area (Å²) in [6.45, 7) is 4.71. The minimum absolute atomic E-state index is 0.00101. The molecule has 0 unspecified atom stereocenters. The number of hydrogen-bond acceptors (Lipinski definition) is 3. The van der Waals surface area contributed by atoms with Crippen LogP contribution < -0.4 is 0 Å². The Labute approximate surface area is 144 Å². The number of carbonyl (C=O) groups excluding carboxylic acids is 1. The van der Waals surface area contributed by atoms with E-state index in [1.807, 2.05) is 12.2 Å². The van der Waals surface area contributed by atoms with Crippen LogP contribution in [0.5, 0.6) is 0 Å². The van der Waals surface area contributed by atoms with Crippen molar-refractivity contribution in [1.82, 2.24) is 0 Å². The summed E-state index contributed by atoms with van der Waals surface area (Å²) in [7, 11) is 0. The van der Waals surface area contributed by atoms with Gasteiger partial charge in [0.05, 0.1) is 12.7 Å². The maximum absolute atomic E-state index is 11.9. The van der Waals surface area contributed by atoms with Gasteiger partial charge in [-0.05, 0) is 73.2 Å². The number of fused-ring (bicyclic) bond motifs is 5. The number of aliphatic hydroxyl groups is 2. The monoisotopic (exact) mass is 330 g/mol. The third kappa shape index (κ3) is 2.13. The average molecular weight is 330 g/mol. The van der Waals surface area contributed by atoms with E-state index in [-0.39, 0.29) is 35.2 Å². The van der Waals surface area contributed by atoms with Gasteiger partial charge in [0.25, 0.3) is 0 Å². The van der Waals surface area contributed by atoms with E-state index >= 15 is 0 Å². The minimum Gasteiger partial charge on any atom is -0.393 e. The zero-order valence-corrected chi connectivity index (χ0v) is 14.9. The molecular weight excluding hydrogens is 300 g/mol. The first-order chi connectivity index (χ1) is 11.4. The lowest BCUT2D eigenvalue weighted by molar-refractivity contribution is -0.124. The number of aliphatic hydroxyl groups excluding tert-OH is 2. The number of carbonyl (C=O) groups is 1. The molecule has 0 amide bonds. The fourth-order valence-electron chi connectivity index (χ4n) is 6.98. The van der Waals surface area contributed by atoms with Crippen molar-refractivity contribution in [3.05, 3.63) is 23.3 Å². The number of allylic oxidation sites excluding steroid dienone is 2. The highest BCUT2D eigenvalue weighted by molar-refractivity contribution is 5.91. The second-order valence-electron chi connectivity index (χ2n) is 9.03. The van der Waals surface area contributed by atoms with Crippen LogP contribution in [0.15, 0.2) is 23.3 Å². The molecule has 0 bridgehead atoms. The number of rotatable bonds is 1. The van der Waals surface area contributed by atoms with E-state index < -0.39 is 0 Å². The SMILES string of the molecule is C[C@]12CCC(=O)C=C1CC[C@@H]1[C@@H]2[C@@H](O)C[C@]2(C)/C(=C\CO)CC[C@@H]12. The molecule has 6 atom stereocenters. The standard InChI is InChI=1S/C21H30O3/c1-20-9-7-15(23)11-14(20)3-5-16-17-6-4-13(8-10-22)21(17,2)12-18(24)19(16)20/h8,11,16-19,22,24H,3-7,9-10,12H2,1-2H3/b13-8-/t16-,17-,18-,19+,20-,21+/m0/s1. The zero-order valence-electron chi connectivity index (χ0n) is 14.9. The molecule has 0 aliphatic heterocycles. The van der Waals surface area contributed by atoms with E-state index in [2.05, 4.69) is 13.8 Å². The summed E-state index contributed by atoms with van der Waals surface area (Å²) < 4.78 is 0. The van der Waals surface area contributed by atoms with Gasteiger partial charge in [0.1, 0.15) is 0 Å². The molecule has 4 aliphatic rings. The van der Waals surface area contributed by atoms with E-state index in [4.69, 9.17) is 0 Å². The van der Waals surface area contributed by atoms with E-state index in [0.717, 1.165) is 32.1 Å². The molecule has 3 fully saturated rings. The number of hydrogen-bond donors (Lipinski definition) is 2. The third-order valence-electron chi connectivity index (χ3n) is 8.08. The lowest BCUT2D eigenvalue weighted by atomic mass is 9.46. The summed E-state index contributed by atoms with van der Waals surface area (Å²) >= 11 is 0. The lowest BCUT2D eigenvalue weighted by Crippen LogP contribution is -2.55. The first-order valence-corrected chi connectivity index (χ1v) is 9.62. The first-order valence-electron chi connectivity index (χ1n) is 9.62. The smallest absolute Gasteiger partial charge is 0.155 e. The molecule has 3 nitrogen and oxygen atoms in total. The van der Waals surface area contributed by atoms with Crippen molar-refractivity contribution in [2.75, 3.05) is 6.61 Å². The second kappa shape index (κ2) is 5.54. The van der Waals surface area contributed by atoms with Gasteiger partial charge in [-0.15, -0.1) is 0 Å². The van der Waals surface area contributed by atoms with Crippen LogP contribution in [0.1, 0.15) is 58.8 Å². The number of ketones is 1. The van der Waals surface area contributed by atoms with Gasteiger partial charge in [0, 0.05) is 6.42 Å². The highest BCUT2D eigenvalue weighted by atomic mass is 16.3. The van der Waals surface area contributed by atoms with Gasteiger partial charge in [-0.1, -0.05) is 31.1 Å². The molecule has 4 rings (SSSR count). The van der Waals surface area contributed by atoms with Crippen molar-refractivity contribution in [2.45, 2.75) is 64.9 Å². The first kappa shape index (κ1) is 16.5. The van der Waals surface area contributed by atoms with E-state index in [1.165, 1.54) is 17.6 Å². The molecule has 2 N–H and O–H groups in total. The van der Waals surface area contributed by atoms with Crippen molar-refractivity contribution < 1.29 is 15.0 Å². The normalized spacial score (nSPS) is 49.4. The lowest BCUT2D eigenvalue weighted by Gasteiger charge is -2.59. The van der Waals surface area contributed by atoms with Crippen molar-refractivity contribution in [3.63, 3.8) is 0 Å². The predicted octanol–water partition coefficient (Wildman–Crippen LogP) is 3.41. The second-order valence-corrected chi connectivity index (χ2v) is 9.03. The molecule has 0 radical (unpaired) electrons. The van der Waals surface area contributed by atoms with Gasteiger partial charge in [-0.25, -0.2) is 0 Å². The highest BCUT2D eigenvalue weighted by Gasteiger charge is 2.60. The Morgan fingerprint density at radius 1 is 1.21 bits per heavy atom. The molecule has 0 heterocycles. The van der Waals surface area contributed by atoms with Crippen molar-refractivity contribution in [3.8, 4) is 0 Å². The summed E-state index contributed by atoms with van der Waals surface area (Å²) in [5, 5.41) is 20.5. The fourth-order valence-corrected chi connectivity index (χ4v) is 6.98. The molecule has 0 aromatic carbocycles. The minimum atomic E-state index is -0.307.